The number of ketones is 1. The van der Waals surface area contributed by atoms with Crippen LogP contribution in [0.15, 0.2) is 76.5 Å². The van der Waals surface area contributed by atoms with Crippen LogP contribution in [0.3, 0.4) is 0 Å². The highest BCUT2D eigenvalue weighted by Gasteiger charge is 2.52. The van der Waals surface area contributed by atoms with Crippen LogP contribution in [0.2, 0.25) is 0 Å². The summed E-state index contributed by atoms with van der Waals surface area (Å²) >= 11 is 0. The highest BCUT2D eigenvalue weighted by Crippen LogP contribution is 2.51. The highest BCUT2D eigenvalue weighted by atomic mass is 16.7. The quantitative estimate of drug-likeness (QED) is 0.111. The Morgan fingerprint density at radius 3 is 2.23 bits per heavy atom. The third-order valence-corrected chi connectivity index (χ3v) is 17.5. The summed E-state index contributed by atoms with van der Waals surface area (Å²) in [6, 6.07) is 10.4. The third kappa shape index (κ3) is 11.3. The minimum atomic E-state index is -1.99. The van der Waals surface area contributed by atoms with Crippen LogP contribution in [0.4, 0.5) is 11.4 Å². The molecule has 3 saturated heterocycles. The van der Waals surface area contributed by atoms with Gasteiger partial charge in [0, 0.05) is 119 Å². The van der Waals surface area contributed by atoms with Gasteiger partial charge in [0.25, 0.3) is 11.7 Å². The van der Waals surface area contributed by atoms with Crippen molar-refractivity contribution in [1.29, 1.82) is 0 Å². The van der Waals surface area contributed by atoms with Gasteiger partial charge in [-0.25, -0.2) is 4.99 Å². The molecule has 3 N–H and O–H groups in total. The third-order valence-electron chi connectivity index (χ3n) is 17.5. The largest absolute Gasteiger partial charge is 0.507 e. The van der Waals surface area contributed by atoms with E-state index in [1.807, 2.05) is 65.8 Å². The molecular formula is C62H82N6O12. The standard InChI is InChI=1S/C62H82N6O12/c1-34(2)33-67-29-25-62(26-30-67)64-49-46-47-52(71)38(6)57-48(46)58(73)61(11,80-57)76-31-24-43(75-13)37(5)55(77-45(70)32-44(69)68-27-22-42(23-28-68)66(12)41-20-15-14-16-21-41)40(8)56-39(7)54(78-60(9,10)79-56)35(3)18-17-19-36(4)59(74)63-51(53(47)72)50(49)65-62/h14-21,24,31,34-35,37,39-40,42-43,54-56,64,71-72H,22-23,25-30,32-33H2,1-13H3/b18-17+,31-24+,36-19-,63-51?/t35-,37+,39+,40-,43-,54-,55+,56+,61-/m0/s1. The van der Waals surface area contributed by atoms with Gasteiger partial charge in [0.15, 0.2) is 11.5 Å². The van der Waals surface area contributed by atoms with Gasteiger partial charge in [-0.1, -0.05) is 78.0 Å². The van der Waals surface area contributed by atoms with E-state index in [9.17, 15) is 24.6 Å². The molecule has 3 aromatic rings. The number of rotatable bonds is 8. The minimum absolute atomic E-state index is 0.0557. The van der Waals surface area contributed by atoms with E-state index in [-0.39, 0.29) is 73.5 Å². The molecule has 7 heterocycles. The summed E-state index contributed by atoms with van der Waals surface area (Å²) in [5.41, 5.74) is 1.05. The lowest BCUT2D eigenvalue weighted by Gasteiger charge is -2.50. The summed E-state index contributed by atoms with van der Waals surface area (Å²) in [7, 11) is 3.59. The maximum absolute atomic E-state index is 15.1. The van der Waals surface area contributed by atoms with Crippen molar-refractivity contribution < 1.29 is 57.8 Å². The number of benzene rings is 3. The fourth-order valence-electron chi connectivity index (χ4n) is 12.9. The molecule has 0 unspecified atom stereocenters. The van der Waals surface area contributed by atoms with E-state index < -0.39 is 83.3 Å². The topological polar surface area (TPSA) is 211 Å². The SMILES string of the molecule is CO[C@H]1/C=C/O[C@@]2(C)Oc3c(C)c(O)c4c(O)c(c5c(c4c3C2=O)NC2(CCN(CC(C)C)CC2)N=5)=NC(=O)/C(C)=C\C=C\[C@H](C)[C@@H]2OC(C)(C)O[C@@H]([C@@H](C)[C@H](OC(=O)CC(=O)N3CCC(N(C)c4ccccc4)CC3)[C@@H]1C)[C@@H]2C. The smallest absolute Gasteiger partial charge is 0.315 e. The Labute approximate surface area is 469 Å². The number of allylic oxidation sites excluding steroid dienone is 2. The summed E-state index contributed by atoms with van der Waals surface area (Å²) in [5.74, 6) is -7.24. The van der Waals surface area contributed by atoms with Gasteiger partial charge >= 0.3 is 11.8 Å². The summed E-state index contributed by atoms with van der Waals surface area (Å²) in [5, 5.41) is 28.2. The second kappa shape index (κ2) is 22.9. The average Bonchev–Trinajstić information content (AvgIpc) is 4.04. The Morgan fingerprint density at radius 2 is 1.56 bits per heavy atom. The molecule has 80 heavy (non-hydrogen) atoms. The summed E-state index contributed by atoms with van der Waals surface area (Å²) in [6.45, 7) is 24.0. The molecule has 1 spiro atoms. The number of piperidine rings is 2. The lowest BCUT2D eigenvalue weighted by molar-refractivity contribution is -0.336. The molecule has 10 rings (SSSR count). The Balaban J connectivity index is 1.08. The van der Waals surface area contributed by atoms with Crippen molar-refractivity contribution in [2.75, 3.05) is 57.1 Å². The molecule has 18 heteroatoms. The number of amides is 2. The van der Waals surface area contributed by atoms with Crippen molar-refractivity contribution in [3.05, 3.63) is 88.3 Å². The normalized spacial score (nSPS) is 30.4. The summed E-state index contributed by atoms with van der Waals surface area (Å²) in [4.78, 5) is 73.6. The van der Waals surface area contributed by atoms with Crippen molar-refractivity contribution in [3.63, 3.8) is 0 Å². The van der Waals surface area contributed by atoms with E-state index in [1.54, 1.807) is 37.0 Å². The number of Topliss-reactive ketones (excluding diaryl/α,β-unsaturated/α-hetero) is 1. The van der Waals surface area contributed by atoms with E-state index in [2.05, 4.69) is 53.1 Å². The zero-order valence-electron chi connectivity index (χ0n) is 48.8. The number of fused-ring (bicyclic) bond motifs is 9. The Morgan fingerprint density at radius 1 is 0.887 bits per heavy atom. The first-order valence-electron chi connectivity index (χ1n) is 28.5. The monoisotopic (exact) mass is 1100 g/mol. The van der Waals surface area contributed by atoms with Crippen LogP contribution >= 0.6 is 0 Å². The predicted molar refractivity (Wildman–Crippen MR) is 303 cm³/mol. The molecule has 0 radical (unpaired) electrons. The molecule has 18 nitrogen and oxygen atoms in total. The average molecular weight is 1100 g/mol. The van der Waals surface area contributed by atoms with E-state index in [0.717, 1.165) is 38.2 Å². The molecule has 9 atom stereocenters. The number of carbonyl (C=O) groups excluding carboxylic acids is 4. The number of carbonyl (C=O) groups is 4. The van der Waals surface area contributed by atoms with Gasteiger partial charge in [-0.05, 0) is 64.7 Å². The van der Waals surface area contributed by atoms with Crippen molar-refractivity contribution in [1.82, 2.24) is 9.80 Å². The zero-order chi connectivity index (χ0) is 57.7. The number of methoxy groups -OCH3 is 1. The van der Waals surface area contributed by atoms with Crippen molar-refractivity contribution in [2.45, 2.75) is 156 Å². The van der Waals surface area contributed by atoms with Gasteiger partial charge in [0.05, 0.1) is 41.2 Å². The van der Waals surface area contributed by atoms with Crippen LogP contribution in [-0.4, -0.2) is 138 Å². The first-order valence-corrected chi connectivity index (χ1v) is 28.5. The van der Waals surface area contributed by atoms with Crippen LogP contribution in [0.1, 0.15) is 117 Å². The summed E-state index contributed by atoms with van der Waals surface area (Å²) in [6.07, 6.45) is 7.91. The second-order valence-electron chi connectivity index (χ2n) is 24.2. The predicted octanol–water partition coefficient (Wildman–Crippen LogP) is 8.05. The molecular weight excluding hydrogens is 1020 g/mol. The number of esters is 1. The van der Waals surface area contributed by atoms with Crippen LogP contribution in [0.5, 0.6) is 17.2 Å². The Hall–Kier alpha value is -6.34. The van der Waals surface area contributed by atoms with E-state index >= 15 is 4.79 Å². The fourth-order valence-corrected chi connectivity index (χ4v) is 12.9. The number of para-hydroxylation sites is 1. The number of ether oxygens (including phenoxy) is 6. The fraction of sp³-hybridized carbons (Fsp3) is 0.581. The van der Waals surface area contributed by atoms with Crippen LogP contribution in [-0.2, 0) is 38.1 Å². The minimum Gasteiger partial charge on any atom is -0.507 e. The van der Waals surface area contributed by atoms with E-state index in [4.69, 9.17) is 33.4 Å². The number of anilines is 2. The lowest BCUT2D eigenvalue weighted by Crippen LogP contribution is -2.56. The number of aromatic hydroxyl groups is 2. The van der Waals surface area contributed by atoms with Gasteiger partial charge < -0.3 is 58.7 Å². The number of nitrogens with zero attached hydrogens (tertiary/aromatic N) is 5. The van der Waals surface area contributed by atoms with E-state index in [1.165, 1.54) is 20.3 Å². The number of phenolic OH excluding ortho intramolecular Hbond substituents is 2. The Kier molecular flexibility index (Phi) is 16.7. The second-order valence-corrected chi connectivity index (χ2v) is 24.2. The molecule has 7 aliphatic rings. The van der Waals surface area contributed by atoms with Crippen LogP contribution < -0.4 is 25.7 Å². The van der Waals surface area contributed by atoms with Crippen LogP contribution in [0.25, 0.3) is 10.8 Å². The number of likely N-dealkylation sites (tertiary alicyclic amines) is 2. The van der Waals surface area contributed by atoms with Crippen molar-refractivity contribution in [2.24, 2.45) is 39.6 Å². The molecule has 3 aromatic carbocycles. The van der Waals surface area contributed by atoms with Gasteiger partial charge in [0.2, 0.25) is 5.91 Å². The van der Waals surface area contributed by atoms with Gasteiger partial charge in [0.1, 0.15) is 40.4 Å². The first kappa shape index (κ1) is 58.3. The molecule has 3 fully saturated rings. The van der Waals surface area contributed by atoms with Gasteiger partial charge in [-0.3, -0.25) is 24.2 Å². The molecule has 432 valence electrons. The van der Waals surface area contributed by atoms with Crippen molar-refractivity contribution >= 4 is 45.7 Å². The number of phenols is 2. The Bertz CT molecular complexity index is 3100. The molecule has 0 aliphatic carbocycles. The molecule has 7 bridgehead atoms. The maximum Gasteiger partial charge on any atom is 0.315 e. The molecule has 0 aromatic heterocycles. The maximum atomic E-state index is 15.1. The lowest BCUT2D eigenvalue weighted by atomic mass is 9.77. The molecule has 0 saturated carbocycles. The first-order chi connectivity index (χ1) is 37.9. The number of nitrogens with one attached hydrogen (secondary N) is 1. The number of hydrogen-bond donors (Lipinski definition) is 3. The molecule has 7 aliphatic heterocycles. The van der Waals surface area contributed by atoms with Crippen LogP contribution in [0, 0.1) is 36.5 Å². The van der Waals surface area contributed by atoms with Gasteiger partial charge in [-0.15, -0.1) is 0 Å². The van der Waals surface area contributed by atoms with Crippen molar-refractivity contribution in [3.8, 4) is 17.2 Å². The van der Waals surface area contributed by atoms with E-state index in [0.29, 0.717) is 37.5 Å². The summed E-state index contributed by atoms with van der Waals surface area (Å²) < 4.78 is 38.8. The zero-order valence-corrected chi connectivity index (χ0v) is 48.8. The molecule has 2 amide bonds. The number of hydrogen-bond acceptors (Lipinski definition) is 16. The highest BCUT2D eigenvalue weighted by molar-refractivity contribution is 6.21. The van der Waals surface area contributed by atoms with Gasteiger partial charge in [-0.2, -0.15) is 0 Å².